The van der Waals surface area contributed by atoms with Crippen LogP contribution >= 0.6 is 11.6 Å². The van der Waals surface area contributed by atoms with Gasteiger partial charge in [-0.3, -0.25) is 14.7 Å². The highest BCUT2D eigenvalue weighted by Gasteiger charge is 2.40. The lowest BCUT2D eigenvalue weighted by Gasteiger charge is -2.43. The summed E-state index contributed by atoms with van der Waals surface area (Å²) in [5.74, 6) is 1.66. The number of methoxy groups -OCH3 is 1. The Morgan fingerprint density at radius 3 is 1.10 bits per heavy atom. The molecule has 6 aliphatic rings. The van der Waals surface area contributed by atoms with Crippen LogP contribution in [-0.2, 0) is 36.2 Å². The van der Waals surface area contributed by atoms with E-state index < -0.39 is 58.3 Å². The molecule has 0 spiro atoms. The first-order valence-electron chi connectivity index (χ1n) is 36.8. The number of nitrogens with zero attached hydrogens (tertiary/aromatic N) is 6. The fourth-order valence-electron chi connectivity index (χ4n) is 15.2. The van der Waals surface area contributed by atoms with Gasteiger partial charge in [0.05, 0.1) is 62.9 Å². The smallest absolute Gasteiger partial charge is 0.417 e. The molecule has 105 heavy (non-hydrogen) atoms. The molecule has 0 amide bonds. The molecule has 3 aliphatic carbocycles. The number of ether oxygens (including phenoxy) is 4. The number of para-hydroxylation sites is 6. The molecule has 0 bridgehead atoms. The number of anilines is 3. The van der Waals surface area contributed by atoms with Gasteiger partial charge in [0.1, 0.15) is 39.5 Å². The Balaban J connectivity index is 0.000000169. The van der Waals surface area contributed by atoms with E-state index in [-0.39, 0.29) is 57.0 Å². The summed E-state index contributed by atoms with van der Waals surface area (Å²) < 4.78 is 175. The molecule has 0 aromatic heterocycles. The highest BCUT2D eigenvalue weighted by Crippen LogP contribution is 2.38. The number of halogens is 6. The Bertz CT molecular complexity index is 4140. The molecule has 19 nitrogen and oxygen atoms in total. The summed E-state index contributed by atoms with van der Waals surface area (Å²) in [6.45, 7) is 23.4. The van der Waals surface area contributed by atoms with E-state index in [2.05, 4.69) is 73.9 Å². The van der Waals surface area contributed by atoms with Gasteiger partial charge in [0.2, 0.25) is 30.1 Å². The number of nitrogens with one attached hydrogen (secondary N) is 3. The molecule has 28 heteroatoms. The maximum atomic E-state index is 13.7. The molecule has 6 fully saturated rings. The van der Waals surface area contributed by atoms with Crippen molar-refractivity contribution in [2.45, 2.75) is 194 Å². The van der Waals surface area contributed by atoms with Crippen LogP contribution < -0.4 is 47.8 Å². The van der Waals surface area contributed by atoms with Crippen molar-refractivity contribution in [3.05, 3.63) is 156 Å². The fourth-order valence-corrected chi connectivity index (χ4v) is 19.8. The van der Waals surface area contributed by atoms with Crippen LogP contribution in [0.5, 0.6) is 23.0 Å². The van der Waals surface area contributed by atoms with E-state index in [1.54, 1.807) is 0 Å². The second-order valence-corrected chi connectivity index (χ2v) is 34.2. The lowest BCUT2D eigenvalue weighted by molar-refractivity contribution is -0.139. The van der Waals surface area contributed by atoms with Crippen molar-refractivity contribution in [1.82, 2.24) is 28.9 Å². The Kier molecular flexibility index (Phi) is 28.2. The van der Waals surface area contributed by atoms with Crippen molar-refractivity contribution in [2.24, 2.45) is 0 Å². The molecule has 0 radical (unpaired) electrons. The zero-order valence-corrected chi connectivity index (χ0v) is 64.3. The van der Waals surface area contributed by atoms with Crippen LogP contribution in [0.15, 0.2) is 148 Å². The third-order valence-electron chi connectivity index (χ3n) is 20.4. The highest BCUT2D eigenvalue weighted by molar-refractivity contribution is 7.90. The molecule has 0 unspecified atom stereocenters. The Morgan fingerprint density at radius 1 is 0.410 bits per heavy atom. The van der Waals surface area contributed by atoms with Crippen molar-refractivity contribution >= 4 is 58.7 Å². The van der Waals surface area contributed by atoms with E-state index in [0.717, 1.165) is 207 Å². The number of benzene rings is 6. The summed E-state index contributed by atoms with van der Waals surface area (Å²) in [6, 6.07) is 36.5. The molecule has 6 aromatic carbocycles. The van der Waals surface area contributed by atoms with Gasteiger partial charge in [-0.05, 0) is 204 Å². The van der Waals surface area contributed by atoms with Gasteiger partial charge in [0.25, 0.3) is 0 Å². The molecule has 3 aliphatic heterocycles. The minimum Gasteiger partial charge on any atom is -0.495 e. The van der Waals surface area contributed by atoms with Gasteiger partial charge in [0.15, 0.2) is 0 Å². The van der Waals surface area contributed by atoms with Gasteiger partial charge in [-0.2, -0.15) is 13.2 Å². The van der Waals surface area contributed by atoms with Gasteiger partial charge < -0.3 is 33.6 Å². The van der Waals surface area contributed by atoms with Gasteiger partial charge >= 0.3 is 6.18 Å². The summed E-state index contributed by atoms with van der Waals surface area (Å²) >= 11 is 5.76. The first-order chi connectivity index (χ1) is 50.0. The standard InChI is InChI=1S/C26H34F3N3O3S.C26H36FN3O4S.C25H33ClFN3O3S/c1-19(2)35-24-9-5-4-8-23(24)32-17-15-31(16-18-32)21-13-11-20(12-14-21)30-36(33,34)25-10-6-3-7-22(25)26(27,28)29;1-19(2)34-24-7-5-4-6-23(24)30-16-14-29(15-17-30)22-11-9-21(10-12-22)28-35(31,32)26-18-20(27)8-13-25(26)33-3;1-18(2)33-25-6-4-3-5-24(25)30-15-13-29(14-16-30)20-9-7-19(8-10-20)28-34(31,32)21-11-12-23(27)22(26)17-21/h3-10,19-21,30H,11-18H2,1-2H3;4-8,13,18-19,21-22,28H,9-12,14-17H2,1-3H3;3-6,11-12,17-20,28H,7-10,13-16H2,1-2H3. The van der Waals surface area contributed by atoms with E-state index in [1.165, 1.54) is 37.4 Å². The maximum absolute atomic E-state index is 13.7. The first kappa shape index (κ1) is 81.0. The van der Waals surface area contributed by atoms with E-state index in [4.69, 9.17) is 30.5 Å². The largest absolute Gasteiger partial charge is 0.495 e. The van der Waals surface area contributed by atoms with Crippen LogP contribution in [0.3, 0.4) is 0 Å². The van der Waals surface area contributed by atoms with Crippen LogP contribution in [-0.4, -0.2) is 180 Å². The Morgan fingerprint density at radius 2 is 0.752 bits per heavy atom. The number of hydrogen-bond donors (Lipinski definition) is 3. The zero-order valence-electron chi connectivity index (χ0n) is 61.1. The Labute approximate surface area is 623 Å². The average Bonchev–Trinajstić information content (AvgIpc) is 0.792. The monoisotopic (exact) mass is 1540 g/mol. The SMILES string of the molecule is CC(C)Oc1ccccc1N1CCN(C2CCC(NS(=O)(=O)c3ccc(F)c(Cl)c3)CC2)CC1.CC(C)Oc1ccccc1N1CCN(C2CCC(NS(=O)(=O)c3ccccc3C(F)(F)F)CC2)CC1.COc1ccc(F)cc1S(=O)(=O)NC1CCC(N2CCN(c3ccccc3OC(C)C)CC2)CC1. The molecule has 3 heterocycles. The van der Waals surface area contributed by atoms with E-state index >= 15 is 0 Å². The topological polar surface area (TPSA) is 195 Å². The molecule has 3 N–H and O–H groups in total. The van der Waals surface area contributed by atoms with Crippen LogP contribution in [0.1, 0.15) is 124 Å². The van der Waals surface area contributed by atoms with E-state index in [9.17, 15) is 47.2 Å². The molecule has 0 atom stereocenters. The van der Waals surface area contributed by atoms with Crippen LogP contribution in [0, 0.1) is 11.6 Å². The normalized spacial score (nSPS) is 22.0. The summed E-state index contributed by atoms with van der Waals surface area (Å²) in [5.41, 5.74) is 2.26. The predicted molar refractivity (Wildman–Crippen MR) is 403 cm³/mol. The highest BCUT2D eigenvalue weighted by atomic mass is 35.5. The summed E-state index contributed by atoms with van der Waals surface area (Å²) in [7, 11) is -10.5. The van der Waals surface area contributed by atoms with Gasteiger partial charge in [-0.15, -0.1) is 0 Å². The third-order valence-corrected chi connectivity index (χ3v) is 25.3. The maximum Gasteiger partial charge on any atom is 0.417 e. The minimum atomic E-state index is -4.73. The molecule has 12 rings (SSSR count). The minimum absolute atomic E-state index is 0.00104. The summed E-state index contributed by atoms with van der Waals surface area (Å²) in [5, 5.41) is -0.191. The number of rotatable bonds is 22. The summed E-state index contributed by atoms with van der Waals surface area (Å²) in [4.78, 5) is 13.8. The van der Waals surface area contributed by atoms with Crippen molar-refractivity contribution in [3.63, 3.8) is 0 Å². The molecule has 576 valence electrons. The van der Waals surface area contributed by atoms with Crippen molar-refractivity contribution in [2.75, 3.05) is 100 Å². The van der Waals surface area contributed by atoms with Crippen LogP contribution in [0.4, 0.5) is 39.0 Å². The number of sulfonamides is 3. The Hall–Kier alpha value is -6.53. The summed E-state index contributed by atoms with van der Waals surface area (Å²) in [6.07, 6.45) is 5.29. The first-order valence-corrected chi connectivity index (χ1v) is 41.6. The fraction of sp³-hybridized carbons (Fsp3) is 0.532. The van der Waals surface area contributed by atoms with Gasteiger partial charge in [0, 0.05) is 115 Å². The van der Waals surface area contributed by atoms with E-state index in [1.807, 2.05) is 84.0 Å². The zero-order chi connectivity index (χ0) is 75.2. The van der Waals surface area contributed by atoms with Gasteiger partial charge in [-0.1, -0.05) is 60.1 Å². The lowest BCUT2D eigenvalue weighted by Crippen LogP contribution is -2.52. The molecule has 6 aromatic rings. The van der Waals surface area contributed by atoms with Crippen molar-refractivity contribution < 1.29 is 66.2 Å². The molecule has 3 saturated heterocycles. The average molecular weight is 1540 g/mol. The lowest BCUT2D eigenvalue weighted by atomic mass is 9.90. The molecule has 3 saturated carbocycles. The predicted octanol–water partition coefficient (Wildman–Crippen LogP) is 13.6. The number of hydrogen-bond acceptors (Lipinski definition) is 16. The molecular formula is C77H103ClF5N9O10S3. The third kappa shape index (κ3) is 22.1. The van der Waals surface area contributed by atoms with Crippen LogP contribution in [0.25, 0.3) is 0 Å². The number of piperazine rings is 3. The molecular weight excluding hydrogens is 1440 g/mol. The second kappa shape index (κ2) is 36.6. The van der Waals surface area contributed by atoms with Crippen molar-refractivity contribution in [1.29, 1.82) is 0 Å². The van der Waals surface area contributed by atoms with Gasteiger partial charge in [-0.25, -0.2) is 48.2 Å². The quantitative estimate of drug-likeness (QED) is 0.0543. The second-order valence-electron chi connectivity index (χ2n) is 28.7. The van der Waals surface area contributed by atoms with Crippen LogP contribution in [0.2, 0.25) is 5.02 Å². The van der Waals surface area contributed by atoms with Crippen molar-refractivity contribution in [3.8, 4) is 23.0 Å². The number of alkyl halides is 3. The van der Waals surface area contributed by atoms with E-state index in [0.29, 0.717) is 31.0 Å².